The first-order valence-corrected chi connectivity index (χ1v) is 7.09. The quantitative estimate of drug-likeness (QED) is 0.772. The van der Waals surface area contributed by atoms with Crippen molar-refractivity contribution in [3.8, 4) is 6.07 Å². The standard InChI is InChI=1S/C16H21FN2/c1-19(16-6-4-2-3-5-7-16)12-14-8-13(11-18)9-15(17)10-14/h8-10,16H,2-7,12H2,1H3. The predicted octanol–water partition coefficient (Wildman–Crippen LogP) is 3.85. The molecule has 19 heavy (non-hydrogen) atoms. The van der Waals surface area contributed by atoms with Gasteiger partial charge in [-0.1, -0.05) is 25.7 Å². The monoisotopic (exact) mass is 260 g/mol. The number of nitriles is 1. The number of halogens is 1. The Morgan fingerprint density at radius 2 is 1.89 bits per heavy atom. The Bertz CT molecular complexity index is 456. The van der Waals surface area contributed by atoms with E-state index in [0.29, 0.717) is 11.6 Å². The Balaban J connectivity index is 2.03. The Morgan fingerprint density at radius 1 is 1.21 bits per heavy atom. The second-order valence-corrected chi connectivity index (χ2v) is 5.52. The van der Waals surface area contributed by atoms with Crippen molar-refractivity contribution in [3.05, 3.63) is 35.1 Å². The highest BCUT2D eigenvalue weighted by Gasteiger charge is 2.17. The van der Waals surface area contributed by atoms with E-state index in [4.69, 9.17) is 5.26 Å². The van der Waals surface area contributed by atoms with E-state index in [1.54, 1.807) is 6.07 Å². The molecule has 0 bridgehead atoms. The lowest BCUT2D eigenvalue weighted by Gasteiger charge is -2.27. The van der Waals surface area contributed by atoms with Crippen LogP contribution >= 0.6 is 0 Å². The molecule has 1 aromatic rings. The first-order valence-electron chi connectivity index (χ1n) is 7.09. The summed E-state index contributed by atoms with van der Waals surface area (Å²) in [6.07, 6.45) is 7.73. The van der Waals surface area contributed by atoms with Crippen molar-refractivity contribution in [1.29, 1.82) is 5.26 Å². The summed E-state index contributed by atoms with van der Waals surface area (Å²) >= 11 is 0. The van der Waals surface area contributed by atoms with E-state index in [0.717, 1.165) is 12.1 Å². The number of benzene rings is 1. The summed E-state index contributed by atoms with van der Waals surface area (Å²) in [4.78, 5) is 2.31. The molecule has 0 heterocycles. The van der Waals surface area contributed by atoms with E-state index in [-0.39, 0.29) is 5.82 Å². The molecule has 0 aliphatic heterocycles. The van der Waals surface area contributed by atoms with Crippen LogP contribution < -0.4 is 0 Å². The van der Waals surface area contributed by atoms with Crippen LogP contribution in [0.2, 0.25) is 0 Å². The van der Waals surface area contributed by atoms with Crippen LogP contribution in [0.15, 0.2) is 18.2 Å². The van der Waals surface area contributed by atoms with Crippen molar-refractivity contribution in [2.75, 3.05) is 7.05 Å². The van der Waals surface area contributed by atoms with Crippen molar-refractivity contribution >= 4 is 0 Å². The molecule has 1 fully saturated rings. The summed E-state index contributed by atoms with van der Waals surface area (Å²) in [6, 6.07) is 7.22. The van der Waals surface area contributed by atoms with Crippen molar-refractivity contribution < 1.29 is 4.39 Å². The zero-order valence-electron chi connectivity index (χ0n) is 11.5. The van der Waals surface area contributed by atoms with Crippen LogP contribution in [0.5, 0.6) is 0 Å². The molecule has 1 aromatic carbocycles. The third-order valence-electron chi connectivity index (χ3n) is 3.97. The largest absolute Gasteiger partial charge is 0.299 e. The molecule has 0 N–H and O–H groups in total. The highest BCUT2D eigenvalue weighted by Crippen LogP contribution is 2.22. The highest BCUT2D eigenvalue weighted by molar-refractivity contribution is 5.33. The van der Waals surface area contributed by atoms with E-state index in [9.17, 15) is 4.39 Å². The molecular weight excluding hydrogens is 239 g/mol. The van der Waals surface area contributed by atoms with Gasteiger partial charge in [-0.2, -0.15) is 5.26 Å². The minimum atomic E-state index is -0.316. The third-order valence-corrected chi connectivity index (χ3v) is 3.97. The summed E-state index contributed by atoms with van der Waals surface area (Å²) in [7, 11) is 2.10. The molecule has 102 valence electrons. The molecule has 1 saturated carbocycles. The highest BCUT2D eigenvalue weighted by atomic mass is 19.1. The van der Waals surface area contributed by atoms with E-state index in [1.165, 1.54) is 50.7 Å². The molecule has 0 radical (unpaired) electrons. The first-order chi connectivity index (χ1) is 9.19. The smallest absolute Gasteiger partial charge is 0.124 e. The van der Waals surface area contributed by atoms with Crippen LogP contribution in [0, 0.1) is 17.1 Å². The van der Waals surface area contributed by atoms with Gasteiger partial charge in [-0.05, 0) is 43.7 Å². The van der Waals surface area contributed by atoms with Gasteiger partial charge in [-0.3, -0.25) is 4.90 Å². The lowest BCUT2D eigenvalue weighted by molar-refractivity contribution is 0.213. The topological polar surface area (TPSA) is 27.0 Å². The molecule has 0 atom stereocenters. The van der Waals surface area contributed by atoms with Crippen LogP contribution in [0.25, 0.3) is 0 Å². The van der Waals surface area contributed by atoms with E-state index in [1.807, 2.05) is 6.07 Å². The van der Waals surface area contributed by atoms with Crippen molar-refractivity contribution in [2.45, 2.75) is 51.1 Å². The molecular formula is C16H21FN2. The van der Waals surface area contributed by atoms with Gasteiger partial charge in [0.1, 0.15) is 5.82 Å². The van der Waals surface area contributed by atoms with Gasteiger partial charge in [0.2, 0.25) is 0 Å². The van der Waals surface area contributed by atoms with E-state index < -0.39 is 0 Å². The predicted molar refractivity (Wildman–Crippen MR) is 74.1 cm³/mol. The van der Waals surface area contributed by atoms with Gasteiger partial charge in [0.25, 0.3) is 0 Å². The second-order valence-electron chi connectivity index (χ2n) is 5.52. The molecule has 2 nitrogen and oxygen atoms in total. The lowest BCUT2D eigenvalue weighted by Crippen LogP contribution is -2.30. The van der Waals surface area contributed by atoms with Crippen LogP contribution in [0.3, 0.4) is 0 Å². The molecule has 3 heteroatoms. The maximum absolute atomic E-state index is 13.4. The van der Waals surface area contributed by atoms with Gasteiger partial charge in [0.15, 0.2) is 0 Å². The van der Waals surface area contributed by atoms with Crippen LogP contribution in [-0.4, -0.2) is 18.0 Å². The first kappa shape index (κ1) is 14.0. The van der Waals surface area contributed by atoms with Gasteiger partial charge in [-0.25, -0.2) is 4.39 Å². The normalized spacial score (nSPS) is 17.2. The molecule has 1 aliphatic rings. The number of rotatable bonds is 3. The van der Waals surface area contributed by atoms with Crippen molar-refractivity contribution in [1.82, 2.24) is 4.90 Å². The van der Waals surface area contributed by atoms with Gasteiger partial charge in [0.05, 0.1) is 11.6 Å². The second kappa shape index (κ2) is 6.68. The zero-order chi connectivity index (χ0) is 13.7. The fourth-order valence-electron chi connectivity index (χ4n) is 2.92. The maximum atomic E-state index is 13.4. The van der Waals surface area contributed by atoms with Crippen LogP contribution in [0.1, 0.15) is 49.7 Å². The van der Waals surface area contributed by atoms with Gasteiger partial charge in [0, 0.05) is 12.6 Å². The lowest BCUT2D eigenvalue weighted by atomic mass is 10.1. The molecule has 0 unspecified atom stereocenters. The minimum absolute atomic E-state index is 0.316. The molecule has 1 aliphatic carbocycles. The van der Waals surface area contributed by atoms with Crippen LogP contribution in [-0.2, 0) is 6.54 Å². The number of nitrogens with zero attached hydrogens (tertiary/aromatic N) is 2. The van der Waals surface area contributed by atoms with Crippen LogP contribution in [0.4, 0.5) is 4.39 Å². The average Bonchev–Trinajstić information content (AvgIpc) is 2.66. The van der Waals surface area contributed by atoms with Gasteiger partial charge < -0.3 is 0 Å². The maximum Gasteiger partial charge on any atom is 0.124 e. The fourth-order valence-corrected chi connectivity index (χ4v) is 2.92. The number of hydrogen-bond acceptors (Lipinski definition) is 2. The molecule has 0 aromatic heterocycles. The summed E-state index contributed by atoms with van der Waals surface area (Å²) in [6.45, 7) is 0.719. The average molecular weight is 260 g/mol. The molecule has 0 saturated heterocycles. The Labute approximate surface area is 114 Å². The summed E-state index contributed by atoms with van der Waals surface area (Å²) in [5.74, 6) is -0.316. The SMILES string of the molecule is CN(Cc1cc(F)cc(C#N)c1)C1CCCCCC1. The van der Waals surface area contributed by atoms with E-state index in [2.05, 4.69) is 11.9 Å². The molecule has 2 rings (SSSR count). The minimum Gasteiger partial charge on any atom is -0.299 e. The van der Waals surface area contributed by atoms with Crippen molar-refractivity contribution in [2.24, 2.45) is 0 Å². The van der Waals surface area contributed by atoms with Crippen molar-refractivity contribution in [3.63, 3.8) is 0 Å². The van der Waals surface area contributed by atoms with Gasteiger partial charge >= 0.3 is 0 Å². The Kier molecular flexibility index (Phi) is 4.93. The summed E-state index contributed by atoms with van der Waals surface area (Å²) in [5, 5.41) is 8.88. The van der Waals surface area contributed by atoms with Gasteiger partial charge in [-0.15, -0.1) is 0 Å². The fraction of sp³-hybridized carbons (Fsp3) is 0.562. The number of hydrogen-bond donors (Lipinski definition) is 0. The van der Waals surface area contributed by atoms with E-state index >= 15 is 0 Å². The summed E-state index contributed by atoms with van der Waals surface area (Å²) < 4.78 is 13.4. The summed E-state index contributed by atoms with van der Waals surface area (Å²) in [5.41, 5.74) is 1.30. The Morgan fingerprint density at radius 3 is 2.53 bits per heavy atom. The molecule has 0 amide bonds. The zero-order valence-corrected chi connectivity index (χ0v) is 11.5. The Hall–Kier alpha value is -1.40. The third kappa shape index (κ3) is 4.04. The molecule has 0 spiro atoms.